The van der Waals surface area contributed by atoms with Crippen molar-refractivity contribution in [2.24, 2.45) is 11.5 Å². The molecule has 192 valence electrons. The number of nitriles is 2. The van der Waals surface area contributed by atoms with Crippen LogP contribution in [0.5, 0.6) is 11.5 Å². The van der Waals surface area contributed by atoms with E-state index in [0.717, 1.165) is 64.4 Å². The first kappa shape index (κ1) is 28.0. The van der Waals surface area contributed by atoms with Gasteiger partial charge in [-0.3, -0.25) is 0 Å². The van der Waals surface area contributed by atoms with E-state index in [1.54, 1.807) is 0 Å². The molecule has 4 N–H and O–H groups in total. The smallest absolute Gasteiger partial charge is 0.230 e. The number of benzene rings is 4. The zero-order valence-corrected chi connectivity index (χ0v) is 21.8. The third kappa shape index (κ3) is 7.69. The molecule has 0 fully saturated rings. The maximum absolute atomic E-state index is 9.03. The van der Waals surface area contributed by atoms with E-state index in [1.807, 2.05) is 98.8 Å². The molecule has 0 amide bonds. The van der Waals surface area contributed by atoms with Gasteiger partial charge in [0.15, 0.2) is 0 Å². The molecule has 0 radical (unpaired) electrons. The van der Waals surface area contributed by atoms with Gasteiger partial charge < -0.3 is 20.9 Å². The predicted molar refractivity (Wildman–Crippen MR) is 152 cm³/mol. The summed E-state index contributed by atoms with van der Waals surface area (Å²) in [5.41, 5.74) is 17.9. The van der Waals surface area contributed by atoms with Crippen molar-refractivity contribution in [2.45, 2.75) is 20.3 Å². The lowest BCUT2D eigenvalue weighted by atomic mass is 9.99. The summed E-state index contributed by atoms with van der Waals surface area (Å²) >= 11 is 0. The highest BCUT2D eigenvalue weighted by atomic mass is 16.7. The summed E-state index contributed by atoms with van der Waals surface area (Å²) in [5, 5.41) is 18.1. The van der Waals surface area contributed by atoms with Crippen LogP contribution in [0.4, 0.5) is 0 Å². The molecule has 0 saturated heterocycles. The van der Waals surface area contributed by atoms with Crippen LogP contribution in [0.25, 0.3) is 22.3 Å². The first-order chi connectivity index (χ1) is 18.5. The Morgan fingerprint density at radius 3 is 1.29 bits per heavy atom. The average Bonchev–Trinajstić information content (AvgIpc) is 2.94. The van der Waals surface area contributed by atoms with E-state index in [-0.39, 0.29) is 6.79 Å². The SMILES string of the molecule is Cc1cc(C#N)ccc1-c1ccc(OCOc2ccc(-c3ccc(C#N)cc3C)cc2)cc1.NCCCN. The van der Waals surface area contributed by atoms with Gasteiger partial charge in [0.05, 0.1) is 23.3 Å². The molecule has 0 aliphatic heterocycles. The summed E-state index contributed by atoms with van der Waals surface area (Å²) in [6.45, 7) is 5.54. The molecule has 0 unspecified atom stereocenters. The molecule has 6 heteroatoms. The van der Waals surface area contributed by atoms with E-state index in [9.17, 15) is 0 Å². The Bertz CT molecular complexity index is 1310. The Kier molecular flexibility index (Phi) is 10.5. The molecule has 0 saturated carbocycles. The third-order valence-electron chi connectivity index (χ3n) is 5.90. The van der Waals surface area contributed by atoms with E-state index in [4.69, 9.17) is 31.5 Å². The van der Waals surface area contributed by atoms with Crippen LogP contribution in [-0.2, 0) is 0 Å². The zero-order chi connectivity index (χ0) is 27.3. The van der Waals surface area contributed by atoms with E-state index >= 15 is 0 Å². The quantitative estimate of drug-likeness (QED) is 0.280. The molecule has 0 heterocycles. The second-order valence-corrected chi connectivity index (χ2v) is 8.67. The molecule has 6 nitrogen and oxygen atoms in total. The number of hydrogen-bond acceptors (Lipinski definition) is 6. The lowest BCUT2D eigenvalue weighted by Gasteiger charge is -2.11. The third-order valence-corrected chi connectivity index (χ3v) is 5.90. The van der Waals surface area contributed by atoms with Crippen LogP contribution < -0.4 is 20.9 Å². The summed E-state index contributed by atoms with van der Waals surface area (Å²) in [6.07, 6.45) is 0.944. The summed E-state index contributed by atoms with van der Waals surface area (Å²) in [6, 6.07) is 31.3. The summed E-state index contributed by atoms with van der Waals surface area (Å²) in [4.78, 5) is 0. The summed E-state index contributed by atoms with van der Waals surface area (Å²) in [7, 11) is 0. The predicted octanol–water partition coefficient (Wildman–Crippen LogP) is 6.09. The topological polar surface area (TPSA) is 118 Å². The van der Waals surface area contributed by atoms with E-state index in [1.165, 1.54) is 0 Å². The van der Waals surface area contributed by atoms with Crippen LogP contribution in [0, 0.1) is 36.5 Å². The van der Waals surface area contributed by atoms with Crippen molar-refractivity contribution in [3.05, 3.63) is 107 Å². The maximum Gasteiger partial charge on any atom is 0.230 e. The molecule has 0 spiro atoms. The van der Waals surface area contributed by atoms with Gasteiger partial charge in [-0.15, -0.1) is 0 Å². The standard InChI is InChI=1S/C29H22N2O2.C3H10N2/c1-20-15-22(17-30)3-13-28(20)24-5-9-26(10-6-24)32-19-33-27-11-7-25(8-12-27)29-14-4-23(18-31)16-21(29)2;4-2-1-3-5/h3-16H,19H2,1-2H3;1-5H2. The van der Waals surface area contributed by atoms with Gasteiger partial charge in [-0.2, -0.15) is 10.5 Å². The zero-order valence-electron chi connectivity index (χ0n) is 21.8. The fourth-order valence-corrected chi connectivity index (χ4v) is 3.86. The molecule has 4 rings (SSSR count). The van der Waals surface area contributed by atoms with Crippen LogP contribution in [0.15, 0.2) is 84.9 Å². The van der Waals surface area contributed by atoms with Crippen molar-refractivity contribution < 1.29 is 9.47 Å². The van der Waals surface area contributed by atoms with Gasteiger partial charge in [0, 0.05) is 0 Å². The Labute approximate surface area is 224 Å². The fraction of sp³-hybridized carbons (Fsp3) is 0.188. The minimum Gasteiger partial charge on any atom is -0.458 e. The van der Waals surface area contributed by atoms with Gasteiger partial charge in [-0.05, 0) is 115 Å². The maximum atomic E-state index is 9.03. The summed E-state index contributed by atoms with van der Waals surface area (Å²) < 4.78 is 11.5. The fourth-order valence-electron chi connectivity index (χ4n) is 3.86. The molecule has 0 aromatic heterocycles. The summed E-state index contributed by atoms with van der Waals surface area (Å²) in [5.74, 6) is 1.43. The van der Waals surface area contributed by atoms with Gasteiger partial charge in [0.25, 0.3) is 0 Å². The molecule has 4 aromatic rings. The molecule has 0 bridgehead atoms. The van der Waals surface area contributed by atoms with Crippen molar-refractivity contribution in [3.8, 4) is 45.9 Å². The van der Waals surface area contributed by atoms with Crippen LogP contribution in [0.3, 0.4) is 0 Å². The number of nitrogens with zero attached hydrogens (tertiary/aromatic N) is 2. The average molecular weight is 505 g/mol. The highest BCUT2D eigenvalue weighted by Crippen LogP contribution is 2.28. The highest BCUT2D eigenvalue weighted by Gasteiger charge is 2.06. The van der Waals surface area contributed by atoms with Crippen molar-refractivity contribution >= 4 is 0 Å². The molecular weight excluding hydrogens is 472 g/mol. The molecule has 4 aromatic carbocycles. The van der Waals surface area contributed by atoms with Crippen molar-refractivity contribution in [2.75, 3.05) is 19.9 Å². The Morgan fingerprint density at radius 2 is 1.00 bits per heavy atom. The Hall–Kier alpha value is -4.62. The minimum absolute atomic E-state index is 0.102. The van der Waals surface area contributed by atoms with Crippen LogP contribution in [-0.4, -0.2) is 19.9 Å². The molecule has 0 aliphatic carbocycles. The highest BCUT2D eigenvalue weighted by molar-refractivity contribution is 5.69. The van der Waals surface area contributed by atoms with Gasteiger partial charge >= 0.3 is 0 Å². The van der Waals surface area contributed by atoms with Crippen molar-refractivity contribution in [3.63, 3.8) is 0 Å². The second kappa shape index (κ2) is 14.2. The van der Waals surface area contributed by atoms with E-state index in [0.29, 0.717) is 11.1 Å². The number of nitrogens with two attached hydrogens (primary N) is 2. The second-order valence-electron chi connectivity index (χ2n) is 8.67. The van der Waals surface area contributed by atoms with E-state index < -0.39 is 0 Å². The first-order valence-electron chi connectivity index (χ1n) is 12.4. The largest absolute Gasteiger partial charge is 0.458 e. The first-order valence-corrected chi connectivity index (χ1v) is 12.4. The van der Waals surface area contributed by atoms with Gasteiger partial charge in [0.2, 0.25) is 6.79 Å². The van der Waals surface area contributed by atoms with Crippen LogP contribution in [0.2, 0.25) is 0 Å². The molecular formula is C32H32N4O2. The number of rotatable bonds is 8. The van der Waals surface area contributed by atoms with Gasteiger partial charge in [0.1, 0.15) is 11.5 Å². The number of hydrogen-bond donors (Lipinski definition) is 2. The molecule has 38 heavy (non-hydrogen) atoms. The lowest BCUT2D eigenvalue weighted by Crippen LogP contribution is -2.06. The van der Waals surface area contributed by atoms with Gasteiger partial charge in [-0.25, -0.2) is 0 Å². The number of aryl methyl sites for hydroxylation is 2. The van der Waals surface area contributed by atoms with Crippen molar-refractivity contribution in [1.82, 2.24) is 0 Å². The van der Waals surface area contributed by atoms with Crippen LogP contribution in [0.1, 0.15) is 28.7 Å². The molecule has 0 aliphatic rings. The van der Waals surface area contributed by atoms with Crippen molar-refractivity contribution in [1.29, 1.82) is 10.5 Å². The van der Waals surface area contributed by atoms with Gasteiger partial charge in [-0.1, -0.05) is 36.4 Å². The number of ether oxygens (including phenoxy) is 2. The lowest BCUT2D eigenvalue weighted by molar-refractivity contribution is 0.120. The monoisotopic (exact) mass is 504 g/mol. The Morgan fingerprint density at radius 1 is 0.605 bits per heavy atom. The van der Waals surface area contributed by atoms with Crippen LogP contribution >= 0.6 is 0 Å². The minimum atomic E-state index is 0.102. The molecule has 0 atom stereocenters. The Balaban J connectivity index is 0.000000732. The normalized spacial score (nSPS) is 9.95. The van der Waals surface area contributed by atoms with E-state index in [2.05, 4.69) is 12.1 Å².